The summed E-state index contributed by atoms with van der Waals surface area (Å²) in [6, 6.07) is 9.13. The van der Waals surface area contributed by atoms with Crippen molar-refractivity contribution in [2.75, 3.05) is 26.4 Å². The summed E-state index contributed by atoms with van der Waals surface area (Å²) in [7, 11) is 0. The lowest BCUT2D eigenvalue weighted by Gasteiger charge is -2.13. The molecule has 4 heteroatoms. The minimum Gasteiger partial charge on any atom is -0.481 e. The van der Waals surface area contributed by atoms with Crippen molar-refractivity contribution in [1.29, 1.82) is 0 Å². The van der Waals surface area contributed by atoms with Crippen molar-refractivity contribution in [2.24, 2.45) is 5.92 Å². The minimum atomic E-state index is -0.866. The Morgan fingerprint density at radius 1 is 1.11 bits per heavy atom. The molecule has 0 aliphatic heterocycles. The maximum Gasteiger partial charge on any atom is 0.313 e. The van der Waals surface area contributed by atoms with Crippen LogP contribution in [0.2, 0.25) is 0 Å². The maximum atomic E-state index is 11.2. The molecule has 19 heavy (non-hydrogen) atoms. The highest BCUT2D eigenvalue weighted by atomic mass is 16.5. The monoisotopic (exact) mass is 266 g/mol. The smallest absolute Gasteiger partial charge is 0.313 e. The van der Waals surface area contributed by atoms with E-state index >= 15 is 0 Å². The second kappa shape index (κ2) is 8.67. The van der Waals surface area contributed by atoms with Crippen molar-refractivity contribution < 1.29 is 19.4 Å². The summed E-state index contributed by atoms with van der Waals surface area (Å²) >= 11 is 0. The Bertz CT molecular complexity index is 362. The van der Waals surface area contributed by atoms with Crippen molar-refractivity contribution in [3.05, 3.63) is 35.9 Å². The van der Waals surface area contributed by atoms with Gasteiger partial charge in [0.15, 0.2) is 0 Å². The SMILES string of the molecule is CC(C)COCCOCC(C(=O)O)c1ccccc1. The summed E-state index contributed by atoms with van der Waals surface area (Å²) in [4.78, 5) is 11.2. The molecule has 1 unspecified atom stereocenters. The summed E-state index contributed by atoms with van der Waals surface area (Å²) in [5.41, 5.74) is 0.762. The van der Waals surface area contributed by atoms with Crippen LogP contribution >= 0.6 is 0 Å². The Labute approximate surface area is 114 Å². The molecule has 0 aromatic heterocycles. The van der Waals surface area contributed by atoms with Crippen molar-refractivity contribution in [2.45, 2.75) is 19.8 Å². The third kappa shape index (κ3) is 6.36. The minimum absolute atomic E-state index is 0.171. The highest BCUT2D eigenvalue weighted by Gasteiger charge is 2.19. The Morgan fingerprint density at radius 3 is 2.21 bits per heavy atom. The van der Waals surface area contributed by atoms with Gasteiger partial charge in [0.2, 0.25) is 0 Å². The lowest BCUT2D eigenvalue weighted by Crippen LogP contribution is -2.19. The number of ether oxygens (including phenoxy) is 2. The quantitative estimate of drug-likeness (QED) is 0.698. The van der Waals surface area contributed by atoms with Crippen LogP contribution in [0.3, 0.4) is 0 Å². The van der Waals surface area contributed by atoms with Crippen LogP contribution in [-0.4, -0.2) is 37.5 Å². The van der Waals surface area contributed by atoms with Gasteiger partial charge in [-0.1, -0.05) is 44.2 Å². The van der Waals surface area contributed by atoms with E-state index in [9.17, 15) is 9.90 Å². The number of hydrogen-bond acceptors (Lipinski definition) is 3. The average Bonchev–Trinajstić information content (AvgIpc) is 2.38. The maximum absolute atomic E-state index is 11.2. The molecule has 1 atom stereocenters. The fourth-order valence-electron chi connectivity index (χ4n) is 1.63. The summed E-state index contributed by atoms with van der Waals surface area (Å²) in [6.07, 6.45) is 0. The Kier molecular flexibility index (Phi) is 7.15. The first-order valence-electron chi connectivity index (χ1n) is 6.54. The molecule has 1 rings (SSSR count). The van der Waals surface area contributed by atoms with Crippen LogP contribution in [0, 0.1) is 5.92 Å². The number of carboxylic acid groups (broad SMARTS) is 1. The predicted molar refractivity (Wildman–Crippen MR) is 73.3 cm³/mol. The molecule has 0 heterocycles. The number of aliphatic carboxylic acids is 1. The van der Waals surface area contributed by atoms with E-state index in [-0.39, 0.29) is 6.61 Å². The van der Waals surface area contributed by atoms with Crippen LogP contribution in [0.5, 0.6) is 0 Å². The molecule has 0 bridgehead atoms. The van der Waals surface area contributed by atoms with Gasteiger partial charge in [-0.3, -0.25) is 4.79 Å². The fraction of sp³-hybridized carbons (Fsp3) is 0.533. The Balaban J connectivity index is 2.30. The number of hydrogen-bond donors (Lipinski definition) is 1. The average molecular weight is 266 g/mol. The van der Waals surface area contributed by atoms with Crippen molar-refractivity contribution in [3.8, 4) is 0 Å². The summed E-state index contributed by atoms with van der Waals surface area (Å²) in [5.74, 6) is -0.989. The van der Waals surface area contributed by atoms with E-state index in [0.717, 1.165) is 5.56 Å². The van der Waals surface area contributed by atoms with Gasteiger partial charge in [0, 0.05) is 6.61 Å². The standard InChI is InChI=1S/C15H22O4/c1-12(2)10-18-8-9-19-11-14(15(16)17)13-6-4-3-5-7-13/h3-7,12,14H,8-11H2,1-2H3,(H,16,17). The zero-order chi connectivity index (χ0) is 14.1. The second-order valence-electron chi connectivity index (χ2n) is 4.85. The number of benzene rings is 1. The van der Waals surface area contributed by atoms with Gasteiger partial charge >= 0.3 is 5.97 Å². The third-order valence-corrected chi connectivity index (χ3v) is 2.61. The van der Waals surface area contributed by atoms with Crippen LogP contribution in [0.4, 0.5) is 0 Å². The Hall–Kier alpha value is -1.39. The molecular weight excluding hydrogens is 244 g/mol. The van der Waals surface area contributed by atoms with Crippen molar-refractivity contribution in [1.82, 2.24) is 0 Å². The first-order valence-corrected chi connectivity index (χ1v) is 6.54. The molecule has 1 aromatic carbocycles. The zero-order valence-electron chi connectivity index (χ0n) is 11.5. The van der Waals surface area contributed by atoms with E-state index in [1.807, 2.05) is 18.2 Å². The first kappa shape index (κ1) is 15.7. The molecule has 0 radical (unpaired) electrons. The molecule has 4 nitrogen and oxygen atoms in total. The van der Waals surface area contributed by atoms with Gasteiger partial charge in [-0.05, 0) is 11.5 Å². The van der Waals surface area contributed by atoms with Crippen LogP contribution in [0.15, 0.2) is 30.3 Å². The van der Waals surface area contributed by atoms with Gasteiger partial charge in [-0.25, -0.2) is 0 Å². The van der Waals surface area contributed by atoms with Gasteiger partial charge in [0.05, 0.1) is 19.8 Å². The summed E-state index contributed by atoms with van der Waals surface area (Å²) in [5, 5.41) is 9.19. The number of carboxylic acids is 1. The van der Waals surface area contributed by atoms with E-state index in [1.165, 1.54) is 0 Å². The summed E-state index contributed by atoms with van der Waals surface area (Å²) < 4.78 is 10.8. The molecule has 0 fully saturated rings. The zero-order valence-corrected chi connectivity index (χ0v) is 11.5. The van der Waals surface area contributed by atoms with Gasteiger partial charge in [-0.2, -0.15) is 0 Å². The highest BCUT2D eigenvalue weighted by molar-refractivity contribution is 5.76. The van der Waals surface area contributed by atoms with E-state index in [0.29, 0.717) is 25.7 Å². The molecule has 1 N–H and O–H groups in total. The number of carbonyl (C=O) groups is 1. The second-order valence-corrected chi connectivity index (χ2v) is 4.85. The largest absolute Gasteiger partial charge is 0.481 e. The van der Waals surface area contributed by atoms with E-state index in [1.54, 1.807) is 12.1 Å². The first-order chi connectivity index (χ1) is 9.11. The molecule has 0 saturated carbocycles. The van der Waals surface area contributed by atoms with E-state index < -0.39 is 11.9 Å². The molecule has 1 aromatic rings. The molecule has 0 aliphatic carbocycles. The van der Waals surface area contributed by atoms with Crippen molar-refractivity contribution >= 4 is 5.97 Å². The van der Waals surface area contributed by atoms with E-state index in [4.69, 9.17) is 9.47 Å². The topological polar surface area (TPSA) is 55.8 Å². The summed E-state index contributed by atoms with van der Waals surface area (Å²) in [6.45, 7) is 5.95. The van der Waals surface area contributed by atoms with Gasteiger partial charge in [0.25, 0.3) is 0 Å². The Morgan fingerprint density at radius 2 is 1.68 bits per heavy atom. The van der Waals surface area contributed by atoms with Crippen LogP contribution in [0.1, 0.15) is 25.3 Å². The third-order valence-electron chi connectivity index (χ3n) is 2.61. The molecular formula is C15H22O4. The van der Waals surface area contributed by atoms with E-state index in [2.05, 4.69) is 13.8 Å². The van der Waals surface area contributed by atoms with Crippen LogP contribution < -0.4 is 0 Å². The van der Waals surface area contributed by atoms with Crippen LogP contribution in [0.25, 0.3) is 0 Å². The predicted octanol–water partition coefficient (Wildman–Crippen LogP) is 2.54. The molecule has 0 saturated heterocycles. The van der Waals surface area contributed by atoms with Gasteiger partial charge < -0.3 is 14.6 Å². The van der Waals surface area contributed by atoms with Gasteiger partial charge in [0.1, 0.15) is 5.92 Å². The molecule has 0 spiro atoms. The lowest BCUT2D eigenvalue weighted by atomic mass is 10.0. The molecule has 106 valence electrons. The van der Waals surface area contributed by atoms with Crippen LogP contribution in [-0.2, 0) is 14.3 Å². The lowest BCUT2D eigenvalue weighted by molar-refractivity contribution is -0.140. The van der Waals surface area contributed by atoms with Crippen molar-refractivity contribution in [3.63, 3.8) is 0 Å². The number of rotatable bonds is 9. The highest BCUT2D eigenvalue weighted by Crippen LogP contribution is 2.16. The normalized spacial score (nSPS) is 12.6. The fourth-order valence-corrected chi connectivity index (χ4v) is 1.63. The molecule has 0 amide bonds. The van der Waals surface area contributed by atoms with Gasteiger partial charge in [-0.15, -0.1) is 0 Å². The molecule has 0 aliphatic rings.